The Balaban J connectivity index is 2.90. The van der Waals surface area contributed by atoms with Crippen molar-refractivity contribution in [3.8, 4) is 0 Å². The maximum atomic E-state index is 4.08. The number of hydrogen-bond acceptors (Lipinski definition) is 2. The van der Waals surface area contributed by atoms with Gasteiger partial charge >= 0.3 is 0 Å². The molecule has 0 spiro atoms. The number of hydrogen-bond donors (Lipinski definition) is 1. The van der Waals surface area contributed by atoms with E-state index in [9.17, 15) is 0 Å². The number of nitrogens with zero attached hydrogens (tertiary/aromatic N) is 1. The molecule has 0 saturated carbocycles. The van der Waals surface area contributed by atoms with Crippen LogP contribution in [0.3, 0.4) is 0 Å². The fraction of sp³-hybridized carbons (Fsp3) is 0.444. The minimum absolute atomic E-state index is 0.106. The molecular weight excluding hydrogens is 136 g/mol. The van der Waals surface area contributed by atoms with E-state index in [1.165, 1.54) is 0 Å². The van der Waals surface area contributed by atoms with Crippen molar-refractivity contribution in [3.05, 3.63) is 24.0 Å². The Labute approximate surface area is 67.7 Å². The van der Waals surface area contributed by atoms with Crippen LogP contribution >= 0.6 is 0 Å². The van der Waals surface area contributed by atoms with Crippen LogP contribution in [-0.2, 0) is 0 Å². The van der Waals surface area contributed by atoms with Gasteiger partial charge in [-0.05, 0) is 0 Å². The number of aliphatic imine (C=N–C) groups is 1. The Hall–Kier alpha value is -1.05. The SMILES string of the molecule is CNC1=CC(C)(C)C=CN=C1. The summed E-state index contributed by atoms with van der Waals surface area (Å²) < 4.78 is 0. The molecule has 1 rings (SSSR count). The molecule has 2 nitrogen and oxygen atoms in total. The van der Waals surface area contributed by atoms with Gasteiger partial charge in [-0.3, -0.25) is 4.99 Å². The van der Waals surface area contributed by atoms with Gasteiger partial charge in [0.05, 0.1) is 0 Å². The van der Waals surface area contributed by atoms with Gasteiger partial charge in [-0.1, -0.05) is 26.0 Å². The van der Waals surface area contributed by atoms with Crippen LogP contribution in [0.15, 0.2) is 29.0 Å². The van der Waals surface area contributed by atoms with E-state index >= 15 is 0 Å². The van der Waals surface area contributed by atoms with Crippen molar-refractivity contribution >= 4 is 6.21 Å². The molecule has 0 radical (unpaired) electrons. The van der Waals surface area contributed by atoms with Crippen LogP contribution in [0.4, 0.5) is 0 Å². The van der Waals surface area contributed by atoms with Crippen molar-refractivity contribution in [2.45, 2.75) is 13.8 Å². The summed E-state index contributed by atoms with van der Waals surface area (Å²) in [7, 11) is 1.90. The third kappa shape index (κ3) is 2.22. The topological polar surface area (TPSA) is 24.4 Å². The van der Waals surface area contributed by atoms with E-state index in [0.29, 0.717) is 0 Å². The van der Waals surface area contributed by atoms with Gasteiger partial charge in [-0.15, -0.1) is 0 Å². The van der Waals surface area contributed by atoms with E-state index in [4.69, 9.17) is 0 Å². The summed E-state index contributed by atoms with van der Waals surface area (Å²) in [5, 5.41) is 3.07. The Bertz CT molecular complexity index is 222. The lowest BCUT2D eigenvalue weighted by Gasteiger charge is -2.14. The average Bonchev–Trinajstić information content (AvgIpc) is 2.10. The summed E-state index contributed by atoms with van der Waals surface area (Å²) in [6.07, 6.45) is 7.89. The molecule has 0 aromatic heterocycles. The molecule has 0 aliphatic carbocycles. The van der Waals surface area contributed by atoms with Gasteiger partial charge in [0.15, 0.2) is 0 Å². The lowest BCUT2D eigenvalue weighted by Crippen LogP contribution is -2.11. The number of nitrogens with one attached hydrogen (secondary N) is 1. The predicted molar refractivity (Wildman–Crippen MR) is 48.6 cm³/mol. The van der Waals surface area contributed by atoms with E-state index < -0.39 is 0 Å². The minimum atomic E-state index is 0.106. The first-order chi connectivity index (χ1) is 5.14. The van der Waals surface area contributed by atoms with Crippen molar-refractivity contribution in [3.63, 3.8) is 0 Å². The second-order valence-corrected chi connectivity index (χ2v) is 3.26. The minimum Gasteiger partial charge on any atom is -0.387 e. The molecule has 11 heavy (non-hydrogen) atoms. The zero-order chi connectivity index (χ0) is 8.32. The first-order valence-corrected chi connectivity index (χ1v) is 3.75. The van der Waals surface area contributed by atoms with Gasteiger partial charge in [0, 0.05) is 30.6 Å². The van der Waals surface area contributed by atoms with Crippen LogP contribution in [-0.4, -0.2) is 13.3 Å². The van der Waals surface area contributed by atoms with Gasteiger partial charge in [-0.2, -0.15) is 0 Å². The van der Waals surface area contributed by atoms with Crippen molar-refractivity contribution < 1.29 is 0 Å². The number of rotatable bonds is 1. The molecule has 0 atom stereocenters. The first-order valence-electron chi connectivity index (χ1n) is 3.75. The maximum Gasteiger partial charge on any atom is 0.0496 e. The molecule has 0 amide bonds. The summed E-state index contributed by atoms with van der Waals surface area (Å²) in [4.78, 5) is 4.08. The summed E-state index contributed by atoms with van der Waals surface area (Å²) in [5.41, 5.74) is 1.18. The average molecular weight is 150 g/mol. The van der Waals surface area contributed by atoms with Crippen LogP contribution in [0.25, 0.3) is 0 Å². The second kappa shape index (κ2) is 2.91. The van der Waals surface area contributed by atoms with E-state index in [-0.39, 0.29) is 5.41 Å². The highest BCUT2D eigenvalue weighted by Gasteiger charge is 2.11. The van der Waals surface area contributed by atoms with E-state index in [2.05, 4.69) is 36.3 Å². The predicted octanol–water partition coefficient (Wildman–Crippen LogP) is 1.71. The van der Waals surface area contributed by atoms with Crippen molar-refractivity contribution in [1.82, 2.24) is 5.32 Å². The molecule has 0 unspecified atom stereocenters. The van der Waals surface area contributed by atoms with Crippen LogP contribution in [0.2, 0.25) is 0 Å². The molecule has 0 aromatic carbocycles. The van der Waals surface area contributed by atoms with E-state index in [1.807, 2.05) is 19.5 Å². The van der Waals surface area contributed by atoms with Gasteiger partial charge in [-0.25, -0.2) is 0 Å². The summed E-state index contributed by atoms with van der Waals surface area (Å²) >= 11 is 0. The normalized spacial score (nSPS) is 20.8. The highest BCUT2D eigenvalue weighted by atomic mass is 14.9. The Morgan fingerprint density at radius 2 is 2.18 bits per heavy atom. The fourth-order valence-corrected chi connectivity index (χ4v) is 0.981. The Morgan fingerprint density at radius 1 is 1.45 bits per heavy atom. The Kier molecular flexibility index (Phi) is 2.13. The quantitative estimate of drug-likeness (QED) is 0.604. The third-order valence-corrected chi connectivity index (χ3v) is 1.62. The molecule has 2 heteroatoms. The molecule has 1 aliphatic heterocycles. The van der Waals surface area contributed by atoms with Gasteiger partial charge < -0.3 is 5.32 Å². The molecule has 60 valence electrons. The zero-order valence-corrected chi connectivity index (χ0v) is 7.26. The van der Waals surface area contributed by atoms with Crippen LogP contribution in [0, 0.1) is 5.41 Å². The van der Waals surface area contributed by atoms with Gasteiger partial charge in [0.1, 0.15) is 0 Å². The van der Waals surface area contributed by atoms with E-state index in [0.717, 1.165) is 5.70 Å². The van der Waals surface area contributed by atoms with Gasteiger partial charge in [0.25, 0.3) is 0 Å². The molecule has 0 bridgehead atoms. The van der Waals surface area contributed by atoms with E-state index in [1.54, 1.807) is 0 Å². The van der Waals surface area contributed by atoms with Crippen molar-refractivity contribution in [2.75, 3.05) is 7.05 Å². The lowest BCUT2D eigenvalue weighted by atomic mass is 9.93. The highest BCUT2D eigenvalue weighted by Crippen LogP contribution is 2.21. The summed E-state index contributed by atoms with van der Waals surface area (Å²) in [6, 6.07) is 0. The standard InChI is InChI=1S/C9H14N2/c1-9(2)4-5-11-7-8(6-9)10-3/h4-7,10H,1-3H3. The maximum absolute atomic E-state index is 4.08. The molecule has 1 aliphatic rings. The van der Waals surface area contributed by atoms with Crippen LogP contribution in [0.5, 0.6) is 0 Å². The highest BCUT2D eigenvalue weighted by molar-refractivity contribution is 5.78. The summed E-state index contributed by atoms with van der Waals surface area (Å²) in [5.74, 6) is 0. The van der Waals surface area contributed by atoms with Gasteiger partial charge in [0.2, 0.25) is 0 Å². The molecule has 1 N–H and O–H groups in total. The lowest BCUT2D eigenvalue weighted by molar-refractivity contribution is 0.619. The largest absolute Gasteiger partial charge is 0.387 e. The number of allylic oxidation sites excluding steroid dienone is 3. The first kappa shape index (κ1) is 8.05. The van der Waals surface area contributed by atoms with Crippen molar-refractivity contribution in [1.29, 1.82) is 0 Å². The monoisotopic (exact) mass is 150 g/mol. The molecule has 0 saturated heterocycles. The van der Waals surface area contributed by atoms with Crippen molar-refractivity contribution in [2.24, 2.45) is 10.4 Å². The molecule has 0 aromatic rings. The fourth-order valence-electron chi connectivity index (χ4n) is 0.981. The molecular formula is C9H14N2. The molecule has 1 heterocycles. The second-order valence-electron chi connectivity index (χ2n) is 3.26. The van der Waals surface area contributed by atoms with Crippen LogP contribution in [0.1, 0.15) is 13.8 Å². The van der Waals surface area contributed by atoms with Crippen LogP contribution < -0.4 is 5.32 Å². The zero-order valence-electron chi connectivity index (χ0n) is 7.26. The smallest absolute Gasteiger partial charge is 0.0496 e. The Morgan fingerprint density at radius 3 is 2.82 bits per heavy atom. The molecule has 0 fully saturated rings. The summed E-state index contributed by atoms with van der Waals surface area (Å²) in [6.45, 7) is 4.30. The third-order valence-electron chi connectivity index (χ3n) is 1.62.